The Morgan fingerprint density at radius 2 is 1.40 bits per heavy atom. The van der Waals surface area contributed by atoms with Crippen molar-refractivity contribution in [3.63, 3.8) is 0 Å². The van der Waals surface area contributed by atoms with Crippen molar-refractivity contribution in [3.05, 3.63) is 57.6 Å². The number of benzene rings is 2. The number of anilines is 2. The van der Waals surface area contributed by atoms with Crippen molar-refractivity contribution in [3.8, 4) is 0 Å². The molecule has 130 valence electrons. The van der Waals surface area contributed by atoms with E-state index in [9.17, 15) is 9.59 Å². The normalized spacial score (nSPS) is 14.7. The molecule has 2 N–H and O–H groups in total. The lowest BCUT2D eigenvalue weighted by atomic mass is 10.0. The minimum atomic E-state index is -1.03. The smallest absolute Gasteiger partial charge is 0.240 e. The maximum Gasteiger partial charge on any atom is 0.240 e. The Kier molecular flexibility index (Phi) is 4.76. The summed E-state index contributed by atoms with van der Waals surface area (Å²) in [4.78, 5) is 25.4. The number of halogens is 2. The van der Waals surface area contributed by atoms with Crippen molar-refractivity contribution in [2.75, 3.05) is 10.6 Å². The average Bonchev–Trinajstić information content (AvgIpc) is 3.35. The number of hydrogen-bond acceptors (Lipinski definition) is 2. The summed E-state index contributed by atoms with van der Waals surface area (Å²) >= 11 is 11.9. The second kappa shape index (κ2) is 6.70. The molecule has 3 rings (SSSR count). The van der Waals surface area contributed by atoms with Crippen LogP contribution in [0.1, 0.15) is 24.0 Å². The molecule has 25 heavy (non-hydrogen) atoms. The lowest BCUT2D eigenvalue weighted by Crippen LogP contribution is -2.36. The standard InChI is InChI=1S/C19H18Cl2N2O2/c1-11-3-4-14(21)10-16(11)23-18(25)19(7-8-19)17(24)22-15-6-5-13(20)9-12(15)2/h3-6,9-10H,7-8H2,1-2H3,(H,22,24)(H,23,25). The molecule has 1 aliphatic carbocycles. The van der Waals surface area contributed by atoms with Crippen LogP contribution in [0.15, 0.2) is 36.4 Å². The van der Waals surface area contributed by atoms with Gasteiger partial charge in [0.25, 0.3) is 0 Å². The van der Waals surface area contributed by atoms with E-state index < -0.39 is 5.41 Å². The van der Waals surface area contributed by atoms with Gasteiger partial charge in [-0.05, 0) is 68.1 Å². The van der Waals surface area contributed by atoms with Crippen molar-refractivity contribution >= 4 is 46.4 Å². The highest BCUT2D eigenvalue weighted by Crippen LogP contribution is 2.48. The van der Waals surface area contributed by atoms with Crippen molar-refractivity contribution < 1.29 is 9.59 Å². The molecule has 0 spiro atoms. The zero-order valence-electron chi connectivity index (χ0n) is 14.0. The molecule has 2 aromatic rings. The summed E-state index contributed by atoms with van der Waals surface area (Å²) in [5.41, 5.74) is 2.00. The van der Waals surface area contributed by atoms with Crippen LogP contribution in [0.3, 0.4) is 0 Å². The van der Waals surface area contributed by atoms with Crippen molar-refractivity contribution in [2.24, 2.45) is 5.41 Å². The summed E-state index contributed by atoms with van der Waals surface area (Å²) in [6, 6.07) is 10.5. The lowest BCUT2D eigenvalue weighted by Gasteiger charge is -2.17. The molecular formula is C19H18Cl2N2O2. The van der Waals surface area contributed by atoms with Gasteiger partial charge in [0.1, 0.15) is 5.41 Å². The van der Waals surface area contributed by atoms with E-state index in [0.29, 0.717) is 34.3 Å². The van der Waals surface area contributed by atoms with Gasteiger partial charge in [-0.15, -0.1) is 0 Å². The Hall–Kier alpha value is -2.04. The molecule has 0 unspecified atom stereocenters. The number of carbonyl (C=O) groups excluding carboxylic acids is 2. The second-order valence-electron chi connectivity index (χ2n) is 6.41. The zero-order chi connectivity index (χ0) is 18.2. The van der Waals surface area contributed by atoms with Gasteiger partial charge in [0, 0.05) is 21.4 Å². The molecule has 0 bridgehead atoms. The van der Waals surface area contributed by atoms with E-state index in [0.717, 1.165) is 11.1 Å². The highest BCUT2D eigenvalue weighted by Gasteiger charge is 2.56. The van der Waals surface area contributed by atoms with E-state index in [4.69, 9.17) is 23.2 Å². The third kappa shape index (κ3) is 3.65. The number of hydrogen-bond donors (Lipinski definition) is 2. The fourth-order valence-electron chi connectivity index (χ4n) is 2.66. The first-order valence-electron chi connectivity index (χ1n) is 7.97. The minimum Gasteiger partial charge on any atom is -0.325 e. The van der Waals surface area contributed by atoms with Crippen molar-refractivity contribution in [2.45, 2.75) is 26.7 Å². The Balaban J connectivity index is 1.75. The summed E-state index contributed by atoms with van der Waals surface area (Å²) < 4.78 is 0. The van der Waals surface area contributed by atoms with Crippen LogP contribution in [0.2, 0.25) is 10.0 Å². The molecule has 0 atom stereocenters. The summed E-state index contributed by atoms with van der Waals surface area (Å²) in [5.74, 6) is -0.600. The van der Waals surface area contributed by atoms with Crippen LogP contribution in [0.5, 0.6) is 0 Å². The first-order valence-corrected chi connectivity index (χ1v) is 8.73. The maximum atomic E-state index is 12.7. The van der Waals surface area contributed by atoms with Gasteiger partial charge in [0.2, 0.25) is 11.8 Å². The Morgan fingerprint density at radius 3 is 2.00 bits per heavy atom. The molecule has 1 fully saturated rings. The van der Waals surface area contributed by atoms with Crippen LogP contribution in [-0.2, 0) is 9.59 Å². The van der Waals surface area contributed by atoms with Gasteiger partial charge in [0.05, 0.1) is 0 Å². The first kappa shape index (κ1) is 17.8. The van der Waals surface area contributed by atoms with Crippen LogP contribution < -0.4 is 10.6 Å². The monoisotopic (exact) mass is 376 g/mol. The molecule has 2 amide bonds. The van der Waals surface area contributed by atoms with Gasteiger partial charge in [-0.2, -0.15) is 0 Å². The van der Waals surface area contributed by atoms with Crippen LogP contribution >= 0.6 is 23.2 Å². The van der Waals surface area contributed by atoms with Gasteiger partial charge in [-0.1, -0.05) is 29.3 Å². The van der Waals surface area contributed by atoms with E-state index in [1.54, 1.807) is 30.3 Å². The van der Waals surface area contributed by atoms with Crippen LogP contribution in [0, 0.1) is 19.3 Å². The molecule has 0 aromatic heterocycles. The van der Waals surface area contributed by atoms with Crippen LogP contribution in [0.25, 0.3) is 0 Å². The van der Waals surface area contributed by atoms with Gasteiger partial charge < -0.3 is 10.6 Å². The lowest BCUT2D eigenvalue weighted by molar-refractivity contribution is -0.131. The van der Waals surface area contributed by atoms with Gasteiger partial charge in [-0.3, -0.25) is 9.59 Å². The molecule has 1 aliphatic rings. The van der Waals surface area contributed by atoms with E-state index in [-0.39, 0.29) is 11.8 Å². The van der Waals surface area contributed by atoms with E-state index in [2.05, 4.69) is 10.6 Å². The number of amides is 2. The molecule has 0 saturated heterocycles. The molecule has 0 heterocycles. The van der Waals surface area contributed by atoms with Crippen molar-refractivity contribution in [1.82, 2.24) is 0 Å². The van der Waals surface area contributed by atoms with E-state index in [1.165, 1.54) is 0 Å². The van der Waals surface area contributed by atoms with Crippen LogP contribution in [-0.4, -0.2) is 11.8 Å². The van der Waals surface area contributed by atoms with E-state index in [1.807, 2.05) is 19.9 Å². The fraction of sp³-hybridized carbons (Fsp3) is 0.263. The zero-order valence-corrected chi connectivity index (χ0v) is 15.5. The largest absolute Gasteiger partial charge is 0.325 e. The van der Waals surface area contributed by atoms with Crippen molar-refractivity contribution in [1.29, 1.82) is 0 Å². The highest BCUT2D eigenvalue weighted by atomic mass is 35.5. The molecule has 0 radical (unpaired) electrons. The fourth-order valence-corrected chi connectivity index (χ4v) is 3.06. The van der Waals surface area contributed by atoms with Gasteiger partial charge in [0.15, 0.2) is 0 Å². The summed E-state index contributed by atoms with van der Waals surface area (Å²) in [7, 11) is 0. The molecule has 6 heteroatoms. The SMILES string of the molecule is Cc1cc(Cl)ccc1NC(=O)C1(C(=O)Nc2cc(Cl)ccc2C)CC1. The quantitative estimate of drug-likeness (QED) is 0.740. The predicted octanol–water partition coefficient (Wildman–Crippen LogP) is 4.97. The summed E-state index contributed by atoms with van der Waals surface area (Å²) in [6.45, 7) is 3.74. The first-order chi connectivity index (χ1) is 11.8. The minimum absolute atomic E-state index is 0.296. The Bertz CT molecular complexity index is 860. The van der Waals surface area contributed by atoms with Gasteiger partial charge in [-0.25, -0.2) is 0 Å². The molecule has 4 nitrogen and oxygen atoms in total. The second-order valence-corrected chi connectivity index (χ2v) is 7.28. The topological polar surface area (TPSA) is 58.2 Å². The summed E-state index contributed by atoms with van der Waals surface area (Å²) in [6.07, 6.45) is 1.05. The highest BCUT2D eigenvalue weighted by molar-refractivity contribution is 6.31. The van der Waals surface area contributed by atoms with E-state index >= 15 is 0 Å². The van der Waals surface area contributed by atoms with Crippen LogP contribution in [0.4, 0.5) is 11.4 Å². The molecular weight excluding hydrogens is 359 g/mol. The van der Waals surface area contributed by atoms with Gasteiger partial charge >= 0.3 is 0 Å². The summed E-state index contributed by atoms with van der Waals surface area (Å²) in [5, 5.41) is 6.82. The predicted molar refractivity (Wildman–Crippen MR) is 101 cm³/mol. The Morgan fingerprint density at radius 1 is 0.840 bits per heavy atom. The average molecular weight is 377 g/mol. The maximum absolute atomic E-state index is 12.7. The number of nitrogens with one attached hydrogen (secondary N) is 2. The molecule has 0 aliphatic heterocycles. The Labute approximate surface area is 156 Å². The molecule has 2 aromatic carbocycles. The third-order valence-corrected chi connectivity index (χ3v) is 4.97. The number of rotatable bonds is 4. The number of carbonyl (C=O) groups is 2. The number of aryl methyl sites for hydroxylation is 2. The third-order valence-electron chi connectivity index (χ3n) is 4.50. The molecule has 1 saturated carbocycles.